The van der Waals surface area contributed by atoms with Crippen LogP contribution in [-0.4, -0.2) is 50.0 Å². The van der Waals surface area contributed by atoms with Crippen LogP contribution in [0.15, 0.2) is 42.5 Å². The predicted molar refractivity (Wildman–Crippen MR) is 145 cm³/mol. The molecule has 37 heavy (non-hydrogen) atoms. The first-order valence-electron chi connectivity index (χ1n) is 12.3. The van der Waals surface area contributed by atoms with E-state index in [9.17, 15) is 22.4 Å². The molecular weight excluding hydrogens is 540 g/mol. The number of anilines is 1. The third kappa shape index (κ3) is 8.06. The topological polar surface area (TPSA) is 86.8 Å². The van der Waals surface area contributed by atoms with Crippen molar-refractivity contribution in [2.24, 2.45) is 0 Å². The van der Waals surface area contributed by atoms with Crippen molar-refractivity contribution in [1.29, 1.82) is 0 Å². The van der Waals surface area contributed by atoms with E-state index in [1.54, 1.807) is 25.1 Å². The van der Waals surface area contributed by atoms with E-state index in [4.69, 9.17) is 23.2 Å². The van der Waals surface area contributed by atoms with Crippen LogP contribution in [0.2, 0.25) is 10.0 Å². The first-order chi connectivity index (χ1) is 17.5. The Morgan fingerprint density at radius 2 is 1.81 bits per heavy atom. The average Bonchev–Trinajstić information content (AvgIpc) is 2.83. The summed E-state index contributed by atoms with van der Waals surface area (Å²) in [4.78, 5) is 28.4. The summed E-state index contributed by atoms with van der Waals surface area (Å²) in [6, 6.07) is 9.00. The molecule has 0 unspecified atom stereocenters. The maximum Gasteiger partial charge on any atom is 0.244 e. The SMILES string of the molecule is CC[C@H](C(=O)NC1CCCCC1)N(Cc1ccc(Cl)cc1Cl)C(=O)CN(c1cccc(F)c1)S(C)(=O)=O. The molecule has 0 bridgehead atoms. The van der Waals surface area contributed by atoms with Gasteiger partial charge in [-0.1, -0.05) is 61.5 Å². The molecule has 7 nitrogen and oxygen atoms in total. The van der Waals surface area contributed by atoms with Crippen LogP contribution < -0.4 is 9.62 Å². The summed E-state index contributed by atoms with van der Waals surface area (Å²) in [6.45, 7) is 1.14. The lowest BCUT2D eigenvalue weighted by Gasteiger charge is -2.34. The molecule has 0 radical (unpaired) electrons. The molecule has 2 aromatic carbocycles. The van der Waals surface area contributed by atoms with E-state index in [-0.39, 0.29) is 24.2 Å². The highest BCUT2D eigenvalue weighted by molar-refractivity contribution is 7.92. The van der Waals surface area contributed by atoms with Gasteiger partial charge < -0.3 is 10.2 Å². The van der Waals surface area contributed by atoms with Crippen molar-refractivity contribution in [2.45, 2.75) is 64.1 Å². The number of sulfonamides is 1. The molecule has 1 N–H and O–H groups in total. The minimum atomic E-state index is -3.95. The van der Waals surface area contributed by atoms with Crippen molar-refractivity contribution in [1.82, 2.24) is 10.2 Å². The Balaban J connectivity index is 1.94. The highest BCUT2D eigenvalue weighted by Gasteiger charge is 2.33. The van der Waals surface area contributed by atoms with Crippen molar-refractivity contribution in [2.75, 3.05) is 17.1 Å². The molecule has 1 saturated carbocycles. The van der Waals surface area contributed by atoms with Gasteiger partial charge in [-0.25, -0.2) is 12.8 Å². The number of halogens is 3. The summed E-state index contributed by atoms with van der Waals surface area (Å²) in [6.07, 6.45) is 6.18. The normalized spacial score (nSPS) is 15.2. The van der Waals surface area contributed by atoms with Crippen LogP contribution in [-0.2, 0) is 26.2 Å². The molecule has 202 valence electrons. The molecule has 0 spiro atoms. The Hall–Kier alpha value is -2.36. The molecule has 1 aliphatic rings. The van der Waals surface area contributed by atoms with Crippen LogP contribution in [0.25, 0.3) is 0 Å². The van der Waals surface area contributed by atoms with Crippen LogP contribution in [0.1, 0.15) is 51.0 Å². The van der Waals surface area contributed by atoms with E-state index in [2.05, 4.69) is 5.32 Å². The average molecular weight is 573 g/mol. The Labute approximate surface area is 228 Å². The maximum absolute atomic E-state index is 13.9. The van der Waals surface area contributed by atoms with Crippen LogP contribution in [0.3, 0.4) is 0 Å². The van der Waals surface area contributed by atoms with Gasteiger partial charge in [0.2, 0.25) is 21.8 Å². The molecule has 0 heterocycles. The molecule has 0 aromatic heterocycles. The van der Waals surface area contributed by atoms with Gasteiger partial charge in [-0.05, 0) is 55.2 Å². The second-order valence-electron chi connectivity index (χ2n) is 9.27. The second-order valence-corrected chi connectivity index (χ2v) is 12.0. The number of carbonyl (C=O) groups is 2. The summed E-state index contributed by atoms with van der Waals surface area (Å²) in [5.41, 5.74) is 0.569. The first-order valence-corrected chi connectivity index (χ1v) is 14.9. The van der Waals surface area contributed by atoms with Crippen LogP contribution in [0.4, 0.5) is 10.1 Å². The van der Waals surface area contributed by atoms with Crippen molar-refractivity contribution in [3.63, 3.8) is 0 Å². The monoisotopic (exact) mass is 571 g/mol. The minimum Gasteiger partial charge on any atom is -0.352 e. The van der Waals surface area contributed by atoms with Gasteiger partial charge in [-0.3, -0.25) is 13.9 Å². The third-order valence-corrected chi connectivity index (χ3v) is 8.20. The molecule has 1 aliphatic carbocycles. The van der Waals surface area contributed by atoms with Gasteiger partial charge in [0.15, 0.2) is 0 Å². The Bertz CT molecular complexity index is 1220. The first kappa shape index (κ1) is 29.2. The number of nitrogens with one attached hydrogen (secondary N) is 1. The maximum atomic E-state index is 13.9. The second kappa shape index (κ2) is 12.9. The summed E-state index contributed by atoms with van der Waals surface area (Å²) in [5.74, 6) is -1.56. The Morgan fingerprint density at radius 1 is 1.11 bits per heavy atom. The molecule has 2 amide bonds. The molecule has 2 aromatic rings. The molecule has 0 aliphatic heterocycles. The molecule has 1 fully saturated rings. The van der Waals surface area contributed by atoms with E-state index < -0.39 is 34.3 Å². The lowest BCUT2D eigenvalue weighted by molar-refractivity contribution is -0.140. The minimum absolute atomic E-state index is 0.0139. The zero-order valence-electron chi connectivity index (χ0n) is 20.9. The van der Waals surface area contributed by atoms with Gasteiger partial charge in [0.1, 0.15) is 18.4 Å². The summed E-state index contributed by atoms with van der Waals surface area (Å²) < 4.78 is 39.9. The van der Waals surface area contributed by atoms with Gasteiger partial charge in [0.05, 0.1) is 11.9 Å². The predicted octanol–water partition coefficient (Wildman–Crippen LogP) is 5.15. The van der Waals surface area contributed by atoms with Crippen molar-refractivity contribution in [3.8, 4) is 0 Å². The molecule has 3 rings (SSSR count). The number of hydrogen-bond donors (Lipinski definition) is 1. The Kier molecular flexibility index (Phi) is 10.2. The van der Waals surface area contributed by atoms with Crippen molar-refractivity contribution >= 4 is 50.7 Å². The van der Waals surface area contributed by atoms with Crippen LogP contribution >= 0.6 is 23.2 Å². The van der Waals surface area contributed by atoms with Crippen molar-refractivity contribution in [3.05, 3.63) is 63.9 Å². The molecule has 11 heteroatoms. The lowest BCUT2D eigenvalue weighted by atomic mass is 9.95. The van der Waals surface area contributed by atoms with Gasteiger partial charge in [0.25, 0.3) is 0 Å². The smallest absolute Gasteiger partial charge is 0.244 e. The van der Waals surface area contributed by atoms with Gasteiger partial charge in [0, 0.05) is 22.6 Å². The largest absolute Gasteiger partial charge is 0.352 e. The standard InChI is InChI=1S/C26H32Cl2FN3O4S/c1-3-24(26(34)30-21-9-5-4-6-10-21)31(16-18-12-13-19(27)14-23(18)28)25(33)17-32(37(2,35)36)22-11-7-8-20(29)15-22/h7-8,11-15,21,24H,3-6,9-10,16-17H2,1-2H3,(H,30,34)/t24-/m1/s1. The zero-order valence-corrected chi connectivity index (χ0v) is 23.3. The molecule has 1 atom stereocenters. The van der Waals surface area contributed by atoms with E-state index in [1.807, 2.05) is 0 Å². The fraction of sp³-hybridized carbons (Fsp3) is 0.462. The van der Waals surface area contributed by atoms with Gasteiger partial charge in [-0.15, -0.1) is 0 Å². The summed E-state index contributed by atoms with van der Waals surface area (Å²) >= 11 is 12.4. The number of hydrogen-bond acceptors (Lipinski definition) is 4. The quantitative estimate of drug-likeness (QED) is 0.427. The number of rotatable bonds is 10. The molecular formula is C26H32Cl2FN3O4S. The van der Waals surface area contributed by atoms with Gasteiger partial charge >= 0.3 is 0 Å². The van der Waals surface area contributed by atoms with E-state index in [0.717, 1.165) is 48.7 Å². The lowest BCUT2D eigenvalue weighted by Crippen LogP contribution is -2.54. The fourth-order valence-corrected chi connectivity index (χ4v) is 5.85. The zero-order chi connectivity index (χ0) is 27.2. The number of nitrogens with zero attached hydrogens (tertiary/aromatic N) is 2. The van der Waals surface area contributed by atoms with Crippen molar-refractivity contribution < 1.29 is 22.4 Å². The highest BCUT2D eigenvalue weighted by Crippen LogP contribution is 2.25. The fourth-order valence-electron chi connectivity index (χ4n) is 4.54. The molecule has 0 saturated heterocycles. The van der Waals surface area contributed by atoms with Crippen LogP contribution in [0.5, 0.6) is 0 Å². The van der Waals surface area contributed by atoms with Crippen LogP contribution in [0, 0.1) is 5.82 Å². The van der Waals surface area contributed by atoms with E-state index in [0.29, 0.717) is 22.0 Å². The highest BCUT2D eigenvalue weighted by atomic mass is 35.5. The summed E-state index contributed by atoms with van der Waals surface area (Å²) in [5, 5.41) is 3.81. The van der Waals surface area contributed by atoms with E-state index in [1.165, 1.54) is 23.1 Å². The number of carbonyl (C=O) groups excluding carboxylic acids is 2. The Morgan fingerprint density at radius 3 is 2.41 bits per heavy atom. The summed E-state index contributed by atoms with van der Waals surface area (Å²) in [7, 11) is -3.95. The number of benzene rings is 2. The van der Waals surface area contributed by atoms with E-state index >= 15 is 0 Å². The third-order valence-electron chi connectivity index (χ3n) is 6.47. The number of amides is 2. The van der Waals surface area contributed by atoms with Gasteiger partial charge in [-0.2, -0.15) is 0 Å².